The Balaban J connectivity index is 1.88. The first kappa shape index (κ1) is 16.4. The van der Waals surface area contributed by atoms with E-state index in [4.69, 9.17) is 0 Å². The highest BCUT2D eigenvalue weighted by atomic mass is 32.2. The first-order chi connectivity index (χ1) is 9.85. The van der Waals surface area contributed by atoms with E-state index in [0.29, 0.717) is 10.8 Å². The zero-order valence-corrected chi connectivity index (χ0v) is 14.1. The summed E-state index contributed by atoms with van der Waals surface area (Å²) in [6.45, 7) is 3.94. The molecule has 1 fully saturated rings. The Morgan fingerprint density at radius 1 is 1.43 bits per heavy atom. The first-order valence-corrected chi connectivity index (χ1v) is 9.90. The van der Waals surface area contributed by atoms with Crippen molar-refractivity contribution in [3.8, 4) is 0 Å². The summed E-state index contributed by atoms with van der Waals surface area (Å²) in [5, 5.41) is 3.72. The van der Waals surface area contributed by atoms with Crippen molar-refractivity contribution in [2.45, 2.75) is 51.3 Å². The van der Waals surface area contributed by atoms with Crippen molar-refractivity contribution in [1.29, 1.82) is 0 Å². The summed E-state index contributed by atoms with van der Waals surface area (Å²) in [4.78, 5) is 16.7. The lowest BCUT2D eigenvalue weighted by Crippen LogP contribution is -2.43. The summed E-state index contributed by atoms with van der Waals surface area (Å²) in [6.07, 6.45) is 5.90. The average molecular weight is 330 g/mol. The Hall–Kier alpha value is -0.950. The van der Waals surface area contributed by atoms with E-state index in [1.54, 1.807) is 6.20 Å². The van der Waals surface area contributed by atoms with Crippen LogP contribution in [-0.2, 0) is 20.4 Å². The van der Waals surface area contributed by atoms with E-state index in [1.165, 1.54) is 17.8 Å². The summed E-state index contributed by atoms with van der Waals surface area (Å²) in [5.74, 6) is -0.496. The van der Waals surface area contributed by atoms with Crippen molar-refractivity contribution in [3.63, 3.8) is 0 Å². The first-order valence-electron chi connectivity index (χ1n) is 7.27. The summed E-state index contributed by atoms with van der Waals surface area (Å²) in [6, 6.07) is 0.118. The van der Waals surface area contributed by atoms with Crippen LogP contribution in [0.15, 0.2) is 6.20 Å². The second kappa shape index (κ2) is 6.87. The van der Waals surface area contributed by atoms with Gasteiger partial charge in [-0.2, -0.15) is 0 Å². The van der Waals surface area contributed by atoms with Gasteiger partial charge in [0.05, 0.1) is 10.8 Å². The number of nitrogens with one attached hydrogen (secondary N) is 1. The lowest BCUT2D eigenvalue weighted by molar-refractivity contribution is -0.119. The SMILES string of the molecule is Cc1ncc(CS(=O)(=O)CC(=O)NC2CCCCC2C)s1. The van der Waals surface area contributed by atoms with Crippen LogP contribution in [-0.4, -0.2) is 31.1 Å². The number of hydrogen-bond acceptors (Lipinski definition) is 5. The number of carbonyl (C=O) groups excluding carboxylic acids is 1. The molecule has 21 heavy (non-hydrogen) atoms. The van der Waals surface area contributed by atoms with E-state index in [1.807, 2.05) is 6.92 Å². The third-order valence-corrected chi connectivity index (χ3v) is 6.39. The molecule has 1 amide bonds. The lowest BCUT2D eigenvalue weighted by atomic mass is 9.86. The molecule has 2 rings (SSSR count). The molecule has 1 heterocycles. The van der Waals surface area contributed by atoms with Crippen LogP contribution in [0.2, 0.25) is 0 Å². The molecule has 2 unspecified atom stereocenters. The smallest absolute Gasteiger partial charge is 0.235 e. The fraction of sp³-hybridized carbons (Fsp3) is 0.714. The Morgan fingerprint density at radius 3 is 2.76 bits per heavy atom. The predicted molar refractivity (Wildman–Crippen MR) is 83.9 cm³/mol. The van der Waals surface area contributed by atoms with Gasteiger partial charge in [-0.25, -0.2) is 13.4 Å². The number of nitrogens with zero attached hydrogens (tertiary/aromatic N) is 1. The van der Waals surface area contributed by atoms with Crippen LogP contribution in [0.25, 0.3) is 0 Å². The van der Waals surface area contributed by atoms with E-state index < -0.39 is 15.6 Å². The monoisotopic (exact) mass is 330 g/mol. The van der Waals surface area contributed by atoms with Crippen LogP contribution >= 0.6 is 11.3 Å². The maximum absolute atomic E-state index is 12.1. The molecule has 7 heteroatoms. The Bertz CT molecular complexity index is 595. The Kier molecular flexibility index (Phi) is 5.37. The molecule has 0 aliphatic heterocycles. The van der Waals surface area contributed by atoms with Gasteiger partial charge in [0.25, 0.3) is 0 Å². The maximum Gasteiger partial charge on any atom is 0.235 e. The third-order valence-electron chi connectivity index (χ3n) is 3.84. The maximum atomic E-state index is 12.1. The van der Waals surface area contributed by atoms with Gasteiger partial charge in [-0.15, -0.1) is 11.3 Å². The molecule has 1 aromatic rings. The molecule has 2 atom stereocenters. The third kappa shape index (κ3) is 5.07. The molecule has 0 bridgehead atoms. The summed E-state index contributed by atoms with van der Waals surface area (Å²) >= 11 is 1.36. The minimum atomic E-state index is -3.43. The highest BCUT2D eigenvalue weighted by Gasteiger charge is 2.25. The van der Waals surface area contributed by atoms with E-state index in [9.17, 15) is 13.2 Å². The van der Waals surface area contributed by atoms with E-state index in [-0.39, 0.29) is 17.7 Å². The van der Waals surface area contributed by atoms with E-state index in [0.717, 1.165) is 24.3 Å². The molecular formula is C14H22N2O3S2. The molecule has 1 saturated carbocycles. The van der Waals surface area contributed by atoms with Crippen LogP contribution in [0.1, 0.15) is 42.5 Å². The van der Waals surface area contributed by atoms with Gasteiger partial charge in [-0.1, -0.05) is 19.8 Å². The van der Waals surface area contributed by atoms with Crippen molar-refractivity contribution in [2.75, 3.05) is 5.75 Å². The molecule has 118 valence electrons. The largest absolute Gasteiger partial charge is 0.352 e. The van der Waals surface area contributed by atoms with E-state index in [2.05, 4.69) is 17.2 Å². The van der Waals surface area contributed by atoms with Gasteiger partial charge in [0.15, 0.2) is 9.84 Å². The van der Waals surface area contributed by atoms with Gasteiger partial charge in [0.2, 0.25) is 5.91 Å². The van der Waals surface area contributed by atoms with E-state index >= 15 is 0 Å². The second-order valence-corrected chi connectivity index (χ2v) is 9.20. The number of hydrogen-bond donors (Lipinski definition) is 1. The van der Waals surface area contributed by atoms with Gasteiger partial charge >= 0.3 is 0 Å². The summed E-state index contributed by atoms with van der Waals surface area (Å²) in [5.41, 5.74) is 0. The van der Waals surface area contributed by atoms with Crippen LogP contribution < -0.4 is 5.32 Å². The van der Waals surface area contributed by atoms with Crippen LogP contribution in [0.3, 0.4) is 0 Å². The standard InChI is InChI=1S/C14H22N2O3S2/c1-10-5-3-4-6-13(10)16-14(17)9-21(18,19)8-12-7-15-11(2)20-12/h7,10,13H,3-6,8-9H2,1-2H3,(H,16,17). The van der Waals surface area contributed by atoms with Gasteiger partial charge in [0, 0.05) is 17.1 Å². The fourth-order valence-corrected chi connectivity index (χ4v) is 5.18. The minimum absolute atomic E-state index is 0.105. The predicted octanol–water partition coefficient (Wildman–Crippen LogP) is 2.06. The topological polar surface area (TPSA) is 76.1 Å². The molecule has 1 N–H and O–H groups in total. The number of carbonyl (C=O) groups is 1. The van der Waals surface area contributed by atoms with Gasteiger partial charge in [-0.3, -0.25) is 4.79 Å². The fourth-order valence-electron chi connectivity index (χ4n) is 2.72. The van der Waals surface area contributed by atoms with Crippen LogP contribution in [0.5, 0.6) is 0 Å². The van der Waals surface area contributed by atoms with Crippen molar-refractivity contribution in [3.05, 3.63) is 16.1 Å². The van der Waals surface area contributed by atoms with Gasteiger partial charge in [-0.05, 0) is 25.7 Å². The molecular weight excluding hydrogens is 308 g/mol. The number of sulfone groups is 1. The average Bonchev–Trinajstić information content (AvgIpc) is 2.76. The van der Waals surface area contributed by atoms with Gasteiger partial charge in [0.1, 0.15) is 5.75 Å². The number of amides is 1. The number of thiazole rings is 1. The number of aromatic nitrogens is 1. The number of rotatable bonds is 5. The highest BCUT2D eigenvalue weighted by Crippen LogP contribution is 2.23. The molecule has 0 radical (unpaired) electrons. The second-order valence-electron chi connectivity index (χ2n) is 5.81. The molecule has 0 aromatic carbocycles. The van der Waals surface area contributed by atoms with Crippen molar-refractivity contribution < 1.29 is 13.2 Å². The Labute approximate surface area is 130 Å². The van der Waals surface area contributed by atoms with Crippen LogP contribution in [0, 0.1) is 12.8 Å². The number of aryl methyl sites for hydroxylation is 1. The van der Waals surface area contributed by atoms with Crippen molar-refractivity contribution >= 4 is 27.1 Å². The molecule has 0 spiro atoms. The Morgan fingerprint density at radius 2 is 2.14 bits per heavy atom. The van der Waals surface area contributed by atoms with Crippen LogP contribution in [0.4, 0.5) is 0 Å². The zero-order chi connectivity index (χ0) is 15.5. The van der Waals surface area contributed by atoms with Crippen molar-refractivity contribution in [2.24, 2.45) is 5.92 Å². The normalized spacial score (nSPS) is 23.0. The molecule has 0 saturated heterocycles. The molecule has 1 aliphatic rings. The highest BCUT2D eigenvalue weighted by molar-refractivity contribution is 7.91. The zero-order valence-electron chi connectivity index (χ0n) is 12.5. The molecule has 1 aromatic heterocycles. The summed E-state index contributed by atoms with van der Waals surface area (Å²) in [7, 11) is -3.43. The van der Waals surface area contributed by atoms with Crippen molar-refractivity contribution in [1.82, 2.24) is 10.3 Å². The minimum Gasteiger partial charge on any atom is -0.352 e. The quantitative estimate of drug-likeness (QED) is 0.896. The molecule has 5 nitrogen and oxygen atoms in total. The lowest BCUT2D eigenvalue weighted by Gasteiger charge is -2.29. The molecule has 1 aliphatic carbocycles. The summed E-state index contributed by atoms with van der Waals surface area (Å²) < 4.78 is 24.1. The van der Waals surface area contributed by atoms with Gasteiger partial charge < -0.3 is 5.32 Å².